The lowest BCUT2D eigenvalue weighted by Gasteiger charge is -2.25. The maximum absolute atomic E-state index is 10.4. The third kappa shape index (κ3) is 6.66. The van der Waals surface area contributed by atoms with Crippen molar-refractivity contribution in [2.24, 2.45) is 0 Å². The molecular formula is C11H21NO2. The molecule has 0 rings (SSSR count). The summed E-state index contributed by atoms with van der Waals surface area (Å²) >= 11 is 0. The van der Waals surface area contributed by atoms with Gasteiger partial charge in [-0.1, -0.05) is 6.08 Å². The quantitative estimate of drug-likeness (QED) is 0.481. The molecule has 0 aromatic carbocycles. The van der Waals surface area contributed by atoms with Crippen LogP contribution >= 0.6 is 0 Å². The maximum Gasteiger partial charge on any atom is 0.304 e. The number of hydrogen-bond acceptors (Lipinski definition) is 2. The van der Waals surface area contributed by atoms with Crippen LogP contribution in [0.5, 0.6) is 0 Å². The van der Waals surface area contributed by atoms with Crippen molar-refractivity contribution in [1.29, 1.82) is 0 Å². The predicted octanol–water partition coefficient (Wildman–Crippen LogP) is 2.14. The molecule has 3 nitrogen and oxygen atoms in total. The first-order valence-corrected chi connectivity index (χ1v) is 5.14. The van der Waals surface area contributed by atoms with E-state index in [1.165, 1.54) is 0 Å². The summed E-state index contributed by atoms with van der Waals surface area (Å²) in [6.45, 7) is 9.45. The van der Waals surface area contributed by atoms with Crippen LogP contribution in [0.1, 0.15) is 33.1 Å². The molecule has 0 aromatic heterocycles. The fourth-order valence-corrected chi connectivity index (χ4v) is 1.31. The summed E-state index contributed by atoms with van der Waals surface area (Å²) in [5, 5.41) is 8.57. The largest absolute Gasteiger partial charge is 0.481 e. The second-order valence-corrected chi connectivity index (χ2v) is 3.70. The zero-order chi connectivity index (χ0) is 11.0. The summed E-state index contributed by atoms with van der Waals surface area (Å²) in [7, 11) is 0. The lowest BCUT2D eigenvalue weighted by molar-refractivity contribution is -0.137. The number of rotatable bonds is 8. The van der Waals surface area contributed by atoms with Gasteiger partial charge in [0.25, 0.3) is 0 Å². The van der Waals surface area contributed by atoms with Crippen LogP contribution in [0.2, 0.25) is 0 Å². The van der Waals surface area contributed by atoms with Crippen molar-refractivity contribution in [1.82, 2.24) is 4.90 Å². The van der Waals surface area contributed by atoms with E-state index < -0.39 is 5.97 Å². The molecule has 0 radical (unpaired) electrons. The summed E-state index contributed by atoms with van der Waals surface area (Å²) in [5.74, 6) is -0.723. The van der Waals surface area contributed by atoms with Crippen molar-refractivity contribution in [3.8, 4) is 0 Å². The summed E-state index contributed by atoms with van der Waals surface area (Å²) in [6, 6.07) is 0.416. The van der Waals surface area contributed by atoms with Crippen LogP contribution in [0.25, 0.3) is 0 Å². The maximum atomic E-state index is 10.4. The van der Waals surface area contributed by atoms with Gasteiger partial charge in [0.1, 0.15) is 0 Å². The minimum atomic E-state index is -0.723. The Bertz CT molecular complexity index is 178. The standard InChI is InChI=1S/C11H21NO2/c1-4-5-6-8-12(10(2)3)9-7-11(13)14/h4,10H,1,5-9H2,2-3H3,(H,13,14). The van der Waals surface area contributed by atoms with Crippen LogP contribution in [0.3, 0.4) is 0 Å². The Kier molecular flexibility index (Phi) is 7.11. The van der Waals surface area contributed by atoms with Gasteiger partial charge in [-0.25, -0.2) is 0 Å². The summed E-state index contributed by atoms with van der Waals surface area (Å²) < 4.78 is 0. The van der Waals surface area contributed by atoms with E-state index in [2.05, 4.69) is 25.3 Å². The van der Waals surface area contributed by atoms with Crippen molar-refractivity contribution in [3.63, 3.8) is 0 Å². The Morgan fingerprint density at radius 3 is 2.57 bits per heavy atom. The van der Waals surface area contributed by atoms with Crippen LogP contribution in [-0.2, 0) is 4.79 Å². The first-order chi connectivity index (χ1) is 6.57. The van der Waals surface area contributed by atoms with Crippen molar-refractivity contribution in [2.75, 3.05) is 13.1 Å². The van der Waals surface area contributed by atoms with Crippen LogP contribution in [0.4, 0.5) is 0 Å². The predicted molar refractivity (Wildman–Crippen MR) is 58.4 cm³/mol. The van der Waals surface area contributed by atoms with Gasteiger partial charge in [-0.3, -0.25) is 4.79 Å². The average Bonchev–Trinajstić information content (AvgIpc) is 2.10. The highest BCUT2D eigenvalue weighted by atomic mass is 16.4. The zero-order valence-electron chi connectivity index (χ0n) is 9.20. The second-order valence-electron chi connectivity index (χ2n) is 3.70. The molecule has 82 valence electrons. The van der Waals surface area contributed by atoms with E-state index in [0.29, 0.717) is 12.6 Å². The molecule has 14 heavy (non-hydrogen) atoms. The van der Waals surface area contributed by atoms with E-state index in [0.717, 1.165) is 19.4 Å². The molecule has 0 aromatic rings. The number of aliphatic carboxylic acids is 1. The lowest BCUT2D eigenvalue weighted by Crippen LogP contribution is -2.33. The smallest absolute Gasteiger partial charge is 0.304 e. The summed E-state index contributed by atoms with van der Waals surface area (Å²) in [4.78, 5) is 12.6. The summed E-state index contributed by atoms with van der Waals surface area (Å²) in [5.41, 5.74) is 0. The fraction of sp³-hybridized carbons (Fsp3) is 0.727. The molecule has 1 N–H and O–H groups in total. The molecule has 0 aliphatic rings. The Balaban J connectivity index is 3.77. The van der Waals surface area contributed by atoms with Gasteiger partial charge in [0.2, 0.25) is 0 Å². The number of hydrogen-bond donors (Lipinski definition) is 1. The molecule has 0 fully saturated rings. The van der Waals surface area contributed by atoms with Gasteiger partial charge in [0.05, 0.1) is 6.42 Å². The Morgan fingerprint density at radius 2 is 2.14 bits per heavy atom. The molecule has 3 heteroatoms. The fourth-order valence-electron chi connectivity index (χ4n) is 1.31. The molecule has 0 bridgehead atoms. The molecule has 0 atom stereocenters. The number of allylic oxidation sites excluding steroid dienone is 1. The Hall–Kier alpha value is -0.830. The van der Waals surface area contributed by atoms with E-state index in [-0.39, 0.29) is 6.42 Å². The first-order valence-electron chi connectivity index (χ1n) is 5.14. The molecule has 0 heterocycles. The van der Waals surface area contributed by atoms with Crippen molar-refractivity contribution in [3.05, 3.63) is 12.7 Å². The number of carbonyl (C=O) groups is 1. The molecule has 0 unspecified atom stereocenters. The van der Waals surface area contributed by atoms with Crippen molar-refractivity contribution < 1.29 is 9.90 Å². The monoisotopic (exact) mass is 199 g/mol. The second kappa shape index (κ2) is 7.56. The van der Waals surface area contributed by atoms with E-state index in [4.69, 9.17) is 5.11 Å². The molecule has 0 saturated heterocycles. The van der Waals surface area contributed by atoms with Crippen molar-refractivity contribution in [2.45, 2.75) is 39.2 Å². The number of carboxylic acid groups (broad SMARTS) is 1. The van der Waals surface area contributed by atoms with Crippen LogP contribution in [0.15, 0.2) is 12.7 Å². The van der Waals surface area contributed by atoms with E-state index in [1.807, 2.05) is 6.08 Å². The van der Waals surface area contributed by atoms with E-state index in [9.17, 15) is 4.79 Å². The van der Waals surface area contributed by atoms with Gasteiger partial charge in [-0.05, 0) is 33.2 Å². The molecule has 0 spiro atoms. The Labute approximate surface area is 86.4 Å². The highest BCUT2D eigenvalue weighted by Crippen LogP contribution is 2.03. The van der Waals surface area contributed by atoms with Gasteiger partial charge < -0.3 is 10.0 Å². The van der Waals surface area contributed by atoms with Gasteiger partial charge in [0.15, 0.2) is 0 Å². The minimum Gasteiger partial charge on any atom is -0.481 e. The van der Waals surface area contributed by atoms with E-state index >= 15 is 0 Å². The van der Waals surface area contributed by atoms with Crippen LogP contribution in [-0.4, -0.2) is 35.1 Å². The van der Waals surface area contributed by atoms with Gasteiger partial charge in [0, 0.05) is 12.6 Å². The highest BCUT2D eigenvalue weighted by Gasteiger charge is 2.09. The van der Waals surface area contributed by atoms with E-state index in [1.54, 1.807) is 0 Å². The van der Waals surface area contributed by atoms with Gasteiger partial charge >= 0.3 is 5.97 Å². The third-order valence-corrected chi connectivity index (χ3v) is 2.20. The summed E-state index contributed by atoms with van der Waals surface area (Å²) in [6.07, 6.45) is 4.18. The lowest BCUT2D eigenvalue weighted by atomic mass is 10.2. The average molecular weight is 199 g/mol. The van der Waals surface area contributed by atoms with Crippen LogP contribution in [0, 0.1) is 0 Å². The molecule has 0 aliphatic carbocycles. The number of nitrogens with zero attached hydrogens (tertiary/aromatic N) is 1. The normalized spacial score (nSPS) is 10.9. The molecule has 0 aliphatic heterocycles. The van der Waals surface area contributed by atoms with Crippen molar-refractivity contribution >= 4 is 5.97 Å². The molecule has 0 saturated carbocycles. The third-order valence-electron chi connectivity index (χ3n) is 2.20. The SMILES string of the molecule is C=CCCCN(CCC(=O)O)C(C)C. The number of unbranched alkanes of at least 4 members (excludes halogenated alkanes) is 1. The minimum absolute atomic E-state index is 0.228. The molecule has 0 amide bonds. The Morgan fingerprint density at radius 1 is 1.50 bits per heavy atom. The van der Waals surface area contributed by atoms with Gasteiger partial charge in [-0.15, -0.1) is 6.58 Å². The van der Waals surface area contributed by atoms with Crippen LogP contribution < -0.4 is 0 Å². The first kappa shape index (κ1) is 13.2. The highest BCUT2D eigenvalue weighted by molar-refractivity contribution is 5.66. The number of carboxylic acids is 1. The van der Waals surface area contributed by atoms with Gasteiger partial charge in [-0.2, -0.15) is 0 Å². The topological polar surface area (TPSA) is 40.5 Å². The zero-order valence-corrected chi connectivity index (χ0v) is 9.20. The molecular weight excluding hydrogens is 178 g/mol.